The highest BCUT2D eigenvalue weighted by atomic mass is 16.2. The van der Waals surface area contributed by atoms with Gasteiger partial charge in [-0.25, -0.2) is 4.98 Å². The lowest BCUT2D eigenvalue weighted by atomic mass is 10.1. The number of piperidine rings is 1. The van der Waals surface area contributed by atoms with Crippen LogP contribution in [0.5, 0.6) is 0 Å². The highest BCUT2D eigenvalue weighted by molar-refractivity contribution is 5.99. The van der Waals surface area contributed by atoms with E-state index in [-0.39, 0.29) is 17.9 Å². The van der Waals surface area contributed by atoms with E-state index >= 15 is 0 Å². The van der Waals surface area contributed by atoms with Gasteiger partial charge < -0.3 is 15.2 Å². The number of nitrogens with one attached hydrogen (secondary N) is 2. The Hall–Kier alpha value is -2.37. The SMILES string of the molecule is CC(CC(=O)Nc1cccc2[nH]cnc12)N1CCCCC1=O. The third kappa shape index (κ3) is 2.95. The van der Waals surface area contributed by atoms with Crippen molar-refractivity contribution in [3.8, 4) is 0 Å². The molecule has 3 rings (SSSR count). The molecular weight excluding hydrogens is 280 g/mol. The topological polar surface area (TPSA) is 78.1 Å². The second-order valence-corrected chi connectivity index (χ2v) is 5.75. The van der Waals surface area contributed by atoms with E-state index < -0.39 is 0 Å². The second-order valence-electron chi connectivity index (χ2n) is 5.75. The third-order valence-corrected chi connectivity index (χ3v) is 4.10. The number of aromatic amines is 1. The molecule has 0 aliphatic carbocycles. The highest BCUT2D eigenvalue weighted by Gasteiger charge is 2.24. The fraction of sp³-hybridized carbons (Fsp3) is 0.438. The zero-order valence-electron chi connectivity index (χ0n) is 12.6. The summed E-state index contributed by atoms with van der Waals surface area (Å²) in [7, 11) is 0. The summed E-state index contributed by atoms with van der Waals surface area (Å²) in [5, 5.41) is 2.90. The number of carbonyl (C=O) groups is 2. The molecule has 2 amide bonds. The van der Waals surface area contributed by atoms with Crippen molar-refractivity contribution in [3.63, 3.8) is 0 Å². The summed E-state index contributed by atoms with van der Waals surface area (Å²) in [4.78, 5) is 33.2. The molecule has 2 heterocycles. The Kier molecular flexibility index (Phi) is 4.09. The Balaban J connectivity index is 1.65. The number of carbonyl (C=O) groups excluding carboxylic acids is 2. The van der Waals surface area contributed by atoms with Crippen LogP contribution in [0, 0.1) is 0 Å². The van der Waals surface area contributed by atoms with E-state index in [9.17, 15) is 9.59 Å². The zero-order valence-corrected chi connectivity index (χ0v) is 12.6. The van der Waals surface area contributed by atoms with E-state index in [1.165, 1.54) is 0 Å². The number of nitrogens with zero attached hydrogens (tertiary/aromatic N) is 2. The standard InChI is InChI=1S/C16H20N4O2/c1-11(20-8-3-2-7-15(20)22)9-14(21)19-13-6-4-5-12-16(13)18-10-17-12/h4-6,10-11H,2-3,7-9H2,1H3,(H,17,18)(H,19,21). The maximum atomic E-state index is 12.3. The summed E-state index contributed by atoms with van der Waals surface area (Å²) >= 11 is 0. The molecule has 1 aliphatic rings. The maximum absolute atomic E-state index is 12.3. The van der Waals surface area contributed by atoms with Crippen LogP contribution in [0.3, 0.4) is 0 Å². The van der Waals surface area contributed by atoms with Gasteiger partial charge >= 0.3 is 0 Å². The van der Waals surface area contributed by atoms with E-state index in [1.54, 1.807) is 6.33 Å². The summed E-state index contributed by atoms with van der Waals surface area (Å²) in [5.74, 6) is 0.0577. The number of imidazole rings is 1. The van der Waals surface area contributed by atoms with Crippen LogP contribution >= 0.6 is 0 Å². The lowest BCUT2D eigenvalue weighted by Crippen LogP contribution is -2.43. The van der Waals surface area contributed by atoms with Gasteiger partial charge in [0.1, 0.15) is 5.52 Å². The molecule has 22 heavy (non-hydrogen) atoms. The molecule has 2 N–H and O–H groups in total. The van der Waals surface area contributed by atoms with Crippen molar-refractivity contribution < 1.29 is 9.59 Å². The van der Waals surface area contributed by atoms with E-state index in [2.05, 4.69) is 15.3 Å². The van der Waals surface area contributed by atoms with Crippen LogP contribution in [0.2, 0.25) is 0 Å². The zero-order chi connectivity index (χ0) is 15.5. The van der Waals surface area contributed by atoms with Crippen molar-refractivity contribution in [2.75, 3.05) is 11.9 Å². The summed E-state index contributed by atoms with van der Waals surface area (Å²) in [6.45, 7) is 2.68. The molecule has 1 aliphatic heterocycles. The molecule has 1 saturated heterocycles. The number of rotatable bonds is 4. The number of amides is 2. The summed E-state index contributed by atoms with van der Waals surface area (Å²) in [6.07, 6.45) is 4.47. The lowest BCUT2D eigenvalue weighted by Gasteiger charge is -2.32. The van der Waals surface area contributed by atoms with Crippen LogP contribution in [-0.4, -0.2) is 39.3 Å². The molecule has 1 atom stereocenters. The van der Waals surface area contributed by atoms with Gasteiger partial charge in [0.2, 0.25) is 11.8 Å². The normalized spacial score (nSPS) is 16.8. The van der Waals surface area contributed by atoms with Crippen molar-refractivity contribution in [1.29, 1.82) is 0 Å². The Morgan fingerprint density at radius 1 is 1.45 bits per heavy atom. The highest BCUT2D eigenvalue weighted by Crippen LogP contribution is 2.21. The number of hydrogen-bond donors (Lipinski definition) is 2. The predicted octanol–water partition coefficient (Wildman–Crippen LogP) is 2.29. The molecule has 0 radical (unpaired) electrons. The molecule has 0 saturated carbocycles. The van der Waals surface area contributed by atoms with Crippen LogP contribution in [0.25, 0.3) is 11.0 Å². The molecule has 1 unspecified atom stereocenters. The average Bonchev–Trinajstić information content (AvgIpc) is 2.97. The molecular formula is C16H20N4O2. The molecule has 0 spiro atoms. The smallest absolute Gasteiger partial charge is 0.226 e. The van der Waals surface area contributed by atoms with Crippen molar-refractivity contribution in [2.24, 2.45) is 0 Å². The fourth-order valence-electron chi connectivity index (χ4n) is 2.94. The molecule has 2 aromatic rings. The van der Waals surface area contributed by atoms with Gasteiger partial charge in [-0.2, -0.15) is 0 Å². The van der Waals surface area contributed by atoms with Gasteiger partial charge in [-0.15, -0.1) is 0 Å². The van der Waals surface area contributed by atoms with E-state index in [4.69, 9.17) is 0 Å². The van der Waals surface area contributed by atoms with Crippen molar-refractivity contribution in [1.82, 2.24) is 14.9 Å². The largest absolute Gasteiger partial charge is 0.345 e. The van der Waals surface area contributed by atoms with Crippen LogP contribution in [0.4, 0.5) is 5.69 Å². The molecule has 6 heteroatoms. The van der Waals surface area contributed by atoms with E-state index in [1.807, 2.05) is 30.0 Å². The molecule has 116 valence electrons. The van der Waals surface area contributed by atoms with Crippen LogP contribution in [0.15, 0.2) is 24.5 Å². The molecule has 1 aromatic carbocycles. The number of fused-ring (bicyclic) bond motifs is 1. The first-order valence-corrected chi connectivity index (χ1v) is 7.66. The van der Waals surface area contributed by atoms with Gasteiger partial charge in [0.15, 0.2) is 0 Å². The van der Waals surface area contributed by atoms with E-state index in [0.717, 1.165) is 30.4 Å². The van der Waals surface area contributed by atoms with Gasteiger partial charge in [-0.3, -0.25) is 9.59 Å². The van der Waals surface area contributed by atoms with Gasteiger partial charge in [0, 0.05) is 25.4 Å². The van der Waals surface area contributed by atoms with Gasteiger partial charge in [0.05, 0.1) is 17.5 Å². The first-order chi connectivity index (χ1) is 10.6. The Morgan fingerprint density at radius 2 is 2.32 bits per heavy atom. The molecule has 0 bridgehead atoms. The minimum absolute atomic E-state index is 0.0776. The van der Waals surface area contributed by atoms with E-state index in [0.29, 0.717) is 18.5 Å². The number of para-hydroxylation sites is 1. The number of aromatic nitrogens is 2. The Morgan fingerprint density at radius 3 is 3.14 bits per heavy atom. The second kappa shape index (κ2) is 6.17. The van der Waals surface area contributed by atoms with Crippen LogP contribution in [-0.2, 0) is 9.59 Å². The summed E-state index contributed by atoms with van der Waals surface area (Å²) < 4.78 is 0. The van der Waals surface area contributed by atoms with Gasteiger partial charge in [0.25, 0.3) is 0 Å². The number of benzene rings is 1. The maximum Gasteiger partial charge on any atom is 0.226 e. The van der Waals surface area contributed by atoms with Gasteiger partial charge in [-0.05, 0) is 31.9 Å². The number of anilines is 1. The molecule has 1 aromatic heterocycles. The summed E-state index contributed by atoms with van der Waals surface area (Å²) in [6, 6.07) is 5.53. The quantitative estimate of drug-likeness (QED) is 0.909. The minimum atomic E-state index is -0.0960. The minimum Gasteiger partial charge on any atom is -0.345 e. The summed E-state index contributed by atoms with van der Waals surface area (Å²) in [5.41, 5.74) is 2.33. The molecule has 1 fully saturated rings. The number of H-pyrrole nitrogens is 1. The monoisotopic (exact) mass is 300 g/mol. The van der Waals surface area contributed by atoms with Crippen molar-refractivity contribution in [2.45, 2.75) is 38.6 Å². The van der Waals surface area contributed by atoms with Crippen LogP contribution in [0.1, 0.15) is 32.6 Å². The first kappa shape index (κ1) is 14.6. The Bertz CT molecular complexity index is 694. The van der Waals surface area contributed by atoms with Crippen molar-refractivity contribution in [3.05, 3.63) is 24.5 Å². The van der Waals surface area contributed by atoms with Crippen molar-refractivity contribution >= 4 is 28.5 Å². The number of hydrogen-bond acceptors (Lipinski definition) is 3. The van der Waals surface area contributed by atoms with Gasteiger partial charge in [-0.1, -0.05) is 6.07 Å². The fourth-order valence-corrected chi connectivity index (χ4v) is 2.94. The Labute approximate surface area is 128 Å². The van der Waals surface area contributed by atoms with Crippen LogP contribution < -0.4 is 5.32 Å². The third-order valence-electron chi connectivity index (χ3n) is 4.10. The predicted molar refractivity (Wildman–Crippen MR) is 84.4 cm³/mol. The molecule has 6 nitrogen and oxygen atoms in total. The first-order valence-electron chi connectivity index (χ1n) is 7.66. The average molecular weight is 300 g/mol. The number of likely N-dealkylation sites (tertiary alicyclic amines) is 1. The lowest BCUT2D eigenvalue weighted by molar-refractivity contribution is -0.136.